The van der Waals surface area contributed by atoms with Gasteiger partial charge < -0.3 is 15.8 Å². The highest BCUT2D eigenvalue weighted by molar-refractivity contribution is 5.53. The SMILES string of the molecule is CC(C)CCOCCNc1c(F)cc(N)cc1F. The molecule has 18 heavy (non-hydrogen) atoms. The van der Waals surface area contributed by atoms with E-state index in [1.807, 2.05) is 0 Å². The first kappa shape index (κ1) is 14.7. The average molecular weight is 258 g/mol. The molecule has 0 bridgehead atoms. The van der Waals surface area contributed by atoms with Crippen LogP contribution in [0.4, 0.5) is 20.2 Å². The van der Waals surface area contributed by atoms with E-state index in [0.29, 0.717) is 25.7 Å². The van der Waals surface area contributed by atoms with E-state index in [1.54, 1.807) is 0 Å². The fraction of sp³-hybridized carbons (Fsp3) is 0.538. The van der Waals surface area contributed by atoms with Gasteiger partial charge in [0.2, 0.25) is 0 Å². The Bertz CT molecular complexity index is 360. The zero-order chi connectivity index (χ0) is 13.5. The molecule has 0 aliphatic carbocycles. The molecule has 0 aromatic heterocycles. The Labute approximate surface area is 106 Å². The van der Waals surface area contributed by atoms with Crippen LogP contribution >= 0.6 is 0 Å². The van der Waals surface area contributed by atoms with Crippen LogP contribution in [0.25, 0.3) is 0 Å². The summed E-state index contributed by atoms with van der Waals surface area (Å²) in [6.45, 7) is 5.65. The van der Waals surface area contributed by atoms with E-state index in [1.165, 1.54) is 0 Å². The number of benzene rings is 1. The van der Waals surface area contributed by atoms with Crippen molar-refractivity contribution in [3.63, 3.8) is 0 Å². The van der Waals surface area contributed by atoms with Crippen molar-refractivity contribution in [1.29, 1.82) is 0 Å². The van der Waals surface area contributed by atoms with E-state index in [-0.39, 0.29) is 11.4 Å². The maximum absolute atomic E-state index is 13.4. The van der Waals surface area contributed by atoms with E-state index in [9.17, 15) is 8.78 Å². The smallest absolute Gasteiger partial charge is 0.151 e. The molecule has 102 valence electrons. The van der Waals surface area contributed by atoms with Gasteiger partial charge in [0.25, 0.3) is 0 Å². The molecule has 0 heterocycles. The van der Waals surface area contributed by atoms with Gasteiger partial charge in [-0.15, -0.1) is 0 Å². The lowest BCUT2D eigenvalue weighted by Gasteiger charge is -2.10. The highest BCUT2D eigenvalue weighted by Crippen LogP contribution is 2.21. The minimum absolute atomic E-state index is 0.0729. The summed E-state index contributed by atoms with van der Waals surface area (Å²) in [5, 5.41) is 2.67. The zero-order valence-electron chi connectivity index (χ0n) is 10.8. The molecule has 3 nitrogen and oxygen atoms in total. The van der Waals surface area contributed by atoms with Crippen LogP contribution in [0.1, 0.15) is 20.3 Å². The van der Waals surface area contributed by atoms with Gasteiger partial charge >= 0.3 is 0 Å². The maximum Gasteiger partial charge on any atom is 0.151 e. The first-order valence-corrected chi connectivity index (χ1v) is 6.07. The first-order chi connectivity index (χ1) is 8.50. The van der Waals surface area contributed by atoms with Gasteiger partial charge in [0.15, 0.2) is 11.6 Å². The first-order valence-electron chi connectivity index (χ1n) is 6.07. The van der Waals surface area contributed by atoms with Crippen molar-refractivity contribution in [2.24, 2.45) is 5.92 Å². The summed E-state index contributed by atoms with van der Waals surface area (Å²) < 4.78 is 32.1. The van der Waals surface area contributed by atoms with Gasteiger partial charge in [0.05, 0.1) is 6.61 Å². The summed E-state index contributed by atoms with van der Waals surface area (Å²) in [5.74, 6) is -0.783. The number of ether oxygens (including phenoxy) is 1. The molecule has 0 radical (unpaired) electrons. The highest BCUT2D eigenvalue weighted by atomic mass is 19.1. The average Bonchev–Trinajstić information content (AvgIpc) is 2.25. The quantitative estimate of drug-likeness (QED) is 0.584. The van der Waals surface area contributed by atoms with E-state index < -0.39 is 11.6 Å². The molecule has 1 aromatic carbocycles. The third kappa shape index (κ3) is 4.87. The second-order valence-corrected chi connectivity index (χ2v) is 4.58. The number of nitrogens with two attached hydrogens (primary N) is 1. The van der Waals surface area contributed by atoms with Gasteiger partial charge in [0.1, 0.15) is 5.69 Å². The summed E-state index contributed by atoms with van der Waals surface area (Å²) in [6, 6.07) is 2.18. The standard InChI is InChI=1S/C13H20F2N2O/c1-9(2)3-5-18-6-4-17-13-11(14)7-10(16)8-12(13)15/h7-9,17H,3-6,16H2,1-2H3. The Kier molecular flexibility index (Phi) is 5.85. The van der Waals surface area contributed by atoms with Gasteiger partial charge in [-0.2, -0.15) is 0 Å². The van der Waals surface area contributed by atoms with E-state index in [4.69, 9.17) is 10.5 Å². The highest BCUT2D eigenvalue weighted by Gasteiger charge is 2.09. The molecule has 0 spiro atoms. The van der Waals surface area contributed by atoms with Crippen molar-refractivity contribution in [2.45, 2.75) is 20.3 Å². The Balaban J connectivity index is 2.31. The van der Waals surface area contributed by atoms with Crippen LogP contribution in [0.3, 0.4) is 0 Å². The lowest BCUT2D eigenvalue weighted by molar-refractivity contribution is 0.132. The molecule has 0 saturated heterocycles. The molecule has 0 aliphatic heterocycles. The van der Waals surface area contributed by atoms with Crippen LogP contribution in [-0.2, 0) is 4.74 Å². The number of nitrogens with one attached hydrogen (secondary N) is 1. The number of hydrogen-bond acceptors (Lipinski definition) is 3. The van der Waals surface area contributed by atoms with Gasteiger partial charge in [-0.3, -0.25) is 0 Å². The molecule has 0 atom stereocenters. The summed E-state index contributed by atoms with van der Waals surface area (Å²) in [4.78, 5) is 0. The topological polar surface area (TPSA) is 47.3 Å². The van der Waals surface area contributed by atoms with Gasteiger partial charge in [-0.05, 0) is 24.5 Å². The minimum Gasteiger partial charge on any atom is -0.399 e. The Hall–Kier alpha value is -1.36. The van der Waals surface area contributed by atoms with Crippen LogP contribution in [0.15, 0.2) is 12.1 Å². The summed E-state index contributed by atoms with van der Waals surface area (Å²) in [6.07, 6.45) is 0.977. The molecular weight excluding hydrogens is 238 g/mol. The fourth-order valence-corrected chi connectivity index (χ4v) is 1.43. The van der Waals surface area contributed by atoms with Gasteiger partial charge in [0, 0.05) is 18.8 Å². The number of nitrogen functional groups attached to an aromatic ring is 1. The van der Waals surface area contributed by atoms with Crippen LogP contribution in [0.2, 0.25) is 0 Å². The molecule has 1 rings (SSSR count). The van der Waals surface area contributed by atoms with Crippen molar-refractivity contribution in [3.8, 4) is 0 Å². The van der Waals surface area contributed by atoms with Crippen molar-refractivity contribution in [3.05, 3.63) is 23.8 Å². The van der Waals surface area contributed by atoms with Crippen LogP contribution in [0, 0.1) is 17.6 Å². The Morgan fingerprint density at radius 3 is 2.39 bits per heavy atom. The van der Waals surface area contributed by atoms with Gasteiger partial charge in [-0.25, -0.2) is 8.78 Å². The van der Waals surface area contributed by atoms with E-state index >= 15 is 0 Å². The molecule has 3 N–H and O–H groups in total. The summed E-state index contributed by atoms with van der Waals surface area (Å²) >= 11 is 0. The fourth-order valence-electron chi connectivity index (χ4n) is 1.43. The lowest BCUT2D eigenvalue weighted by Crippen LogP contribution is -2.13. The minimum atomic E-state index is -0.685. The van der Waals surface area contributed by atoms with Gasteiger partial charge in [-0.1, -0.05) is 13.8 Å². The molecule has 5 heteroatoms. The second kappa shape index (κ2) is 7.16. The molecule has 0 saturated carbocycles. The molecule has 0 unspecified atom stereocenters. The Morgan fingerprint density at radius 2 is 1.83 bits per heavy atom. The summed E-state index contributed by atoms with van der Waals surface area (Å²) in [5.41, 5.74) is 5.24. The third-order valence-electron chi connectivity index (χ3n) is 2.45. The predicted octanol–water partition coefficient (Wildman–Crippen LogP) is 3.02. The largest absolute Gasteiger partial charge is 0.399 e. The van der Waals surface area contributed by atoms with E-state index in [0.717, 1.165) is 18.6 Å². The molecule has 0 fully saturated rings. The predicted molar refractivity (Wildman–Crippen MR) is 69.5 cm³/mol. The van der Waals surface area contributed by atoms with Crippen LogP contribution in [0.5, 0.6) is 0 Å². The molecule has 0 amide bonds. The summed E-state index contributed by atoms with van der Waals surface area (Å²) in [7, 11) is 0. The zero-order valence-corrected chi connectivity index (χ0v) is 10.8. The molecule has 0 aliphatic rings. The number of anilines is 2. The molecular formula is C13H20F2N2O. The maximum atomic E-state index is 13.4. The third-order valence-corrected chi connectivity index (χ3v) is 2.45. The molecule has 1 aromatic rings. The van der Waals surface area contributed by atoms with Crippen molar-refractivity contribution >= 4 is 11.4 Å². The Morgan fingerprint density at radius 1 is 1.22 bits per heavy atom. The lowest BCUT2D eigenvalue weighted by atomic mass is 10.1. The number of halogens is 2. The van der Waals surface area contributed by atoms with Crippen molar-refractivity contribution < 1.29 is 13.5 Å². The van der Waals surface area contributed by atoms with Crippen LogP contribution < -0.4 is 11.1 Å². The van der Waals surface area contributed by atoms with Crippen molar-refractivity contribution in [1.82, 2.24) is 0 Å². The number of rotatable bonds is 7. The normalized spacial score (nSPS) is 10.9. The monoisotopic (exact) mass is 258 g/mol. The van der Waals surface area contributed by atoms with Crippen LogP contribution in [-0.4, -0.2) is 19.8 Å². The van der Waals surface area contributed by atoms with E-state index in [2.05, 4.69) is 19.2 Å². The number of hydrogen-bond donors (Lipinski definition) is 2. The van der Waals surface area contributed by atoms with Crippen molar-refractivity contribution in [2.75, 3.05) is 30.8 Å². The second-order valence-electron chi connectivity index (χ2n) is 4.58.